The Kier molecular flexibility index (Phi) is 4.11. The molecule has 1 saturated heterocycles. The number of nitrogens with two attached hydrogens (primary N) is 1. The molecule has 2 atom stereocenters. The van der Waals surface area contributed by atoms with E-state index in [1.54, 1.807) is 6.92 Å². The fourth-order valence-corrected chi connectivity index (χ4v) is 4.50. The van der Waals surface area contributed by atoms with Crippen LogP contribution in [-0.4, -0.2) is 41.3 Å². The molecule has 0 saturated carbocycles. The number of aromatic nitrogens is 2. The van der Waals surface area contributed by atoms with E-state index in [1.807, 2.05) is 4.98 Å². The number of hydrogen-bond donors (Lipinski definition) is 3. The minimum absolute atomic E-state index is 0.199. The Morgan fingerprint density at radius 2 is 2.10 bits per heavy atom. The summed E-state index contributed by atoms with van der Waals surface area (Å²) in [5.74, 6) is 0. The van der Waals surface area contributed by atoms with Gasteiger partial charge in [0, 0.05) is 24.8 Å². The molecule has 4 N–H and O–H groups in total. The molecule has 1 fully saturated rings. The minimum Gasteiger partial charge on any atom is -0.329 e. The highest BCUT2D eigenvalue weighted by Gasteiger charge is 2.38. The number of rotatable bonds is 3. The number of H-pyrrole nitrogens is 2. The largest absolute Gasteiger partial charge is 0.329 e. The van der Waals surface area contributed by atoms with E-state index < -0.39 is 26.2 Å². The smallest absolute Gasteiger partial charge is 0.325 e. The molecule has 0 aliphatic carbocycles. The molecule has 1 aliphatic rings. The van der Waals surface area contributed by atoms with E-state index in [2.05, 4.69) is 4.98 Å². The van der Waals surface area contributed by atoms with Crippen LogP contribution in [0.1, 0.15) is 26.2 Å². The summed E-state index contributed by atoms with van der Waals surface area (Å²) in [4.78, 5) is 26.4. The van der Waals surface area contributed by atoms with Gasteiger partial charge in [0.2, 0.25) is 0 Å². The SMILES string of the molecule is CC1CCCC(CN)N1S(=O)(=O)c1c[nH]c(=O)[nH]c1=O. The summed E-state index contributed by atoms with van der Waals surface area (Å²) in [6.07, 6.45) is 3.22. The number of piperidine rings is 1. The summed E-state index contributed by atoms with van der Waals surface area (Å²) in [5, 5.41) is 0. The lowest BCUT2D eigenvalue weighted by molar-refractivity contribution is 0.195. The Bertz CT molecular complexity index is 693. The molecule has 112 valence electrons. The zero-order chi connectivity index (χ0) is 14.9. The molecule has 1 aliphatic heterocycles. The van der Waals surface area contributed by atoms with Gasteiger partial charge in [-0.3, -0.25) is 9.78 Å². The first-order valence-electron chi connectivity index (χ1n) is 6.43. The number of aromatic amines is 2. The molecule has 1 aromatic heterocycles. The molecule has 20 heavy (non-hydrogen) atoms. The van der Waals surface area contributed by atoms with Crippen molar-refractivity contribution in [1.29, 1.82) is 0 Å². The van der Waals surface area contributed by atoms with E-state index in [-0.39, 0.29) is 18.6 Å². The van der Waals surface area contributed by atoms with Gasteiger partial charge in [0.1, 0.15) is 0 Å². The maximum atomic E-state index is 12.6. The van der Waals surface area contributed by atoms with Crippen molar-refractivity contribution in [3.05, 3.63) is 27.0 Å². The zero-order valence-corrected chi connectivity index (χ0v) is 11.9. The molecule has 0 spiro atoms. The van der Waals surface area contributed by atoms with Crippen LogP contribution in [0.25, 0.3) is 0 Å². The highest BCUT2D eigenvalue weighted by atomic mass is 32.2. The van der Waals surface area contributed by atoms with Crippen LogP contribution in [0.15, 0.2) is 20.7 Å². The standard InChI is InChI=1S/C11H18N4O4S/c1-7-3-2-4-8(5-12)15(7)20(18,19)9-6-13-11(17)14-10(9)16/h6-8H,2-5,12H2,1H3,(H2,13,14,16,17). The van der Waals surface area contributed by atoms with Gasteiger partial charge in [-0.2, -0.15) is 4.31 Å². The maximum absolute atomic E-state index is 12.6. The Hall–Kier alpha value is -1.45. The predicted octanol–water partition coefficient (Wildman–Crippen LogP) is -1.05. The van der Waals surface area contributed by atoms with Crippen LogP contribution in [0.4, 0.5) is 0 Å². The van der Waals surface area contributed by atoms with Gasteiger partial charge in [0.25, 0.3) is 15.6 Å². The fraction of sp³-hybridized carbons (Fsp3) is 0.636. The second-order valence-corrected chi connectivity index (χ2v) is 6.75. The number of nitrogens with zero attached hydrogens (tertiary/aromatic N) is 1. The van der Waals surface area contributed by atoms with E-state index in [4.69, 9.17) is 5.73 Å². The first kappa shape index (κ1) is 14.9. The third-order valence-electron chi connectivity index (χ3n) is 3.57. The van der Waals surface area contributed by atoms with Crippen molar-refractivity contribution in [2.24, 2.45) is 5.73 Å². The number of hydrogen-bond acceptors (Lipinski definition) is 5. The van der Waals surface area contributed by atoms with Crippen LogP contribution in [0.3, 0.4) is 0 Å². The molecule has 9 heteroatoms. The second kappa shape index (κ2) is 5.51. The van der Waals surface area contributed by atoms with Crippen LogP contribution in [0, 0.1) is 0 Å². The summed E-state index contributed by atoms with van der Waals surface area (Å²) >= 11 is 0. The van der Waals surface area contributed by atoms with E-state index in [1.165, 1.54) is 4.31 Å². The summed E-state index contributed by atoms with van der Waals surface area (Å²) < 4.78 is 26.5. The number of sulfonamides is 1. The van der Waals surface area contributed by atoms with Crippen LogP contribution >= 0.6 is 0 Å². The van der Waals surface area contributed by atoms with Crippen molar-refractivity contribution in [3.8, 4) is 0 Å². The lowest BCUT2D eigenvalue weighted by atomic mass is 10.00. The normalized spacial score (nSPS) is 24.7. The van der Waals surface area contributed by atoms with Gasteiger partial charge in [0.05, 0.1) is 0 Å². The molecule has 0 amide bonds. The third kappa shape index (κ3) is 2.56. The fourth-order valence-electron chi connectivity index (χ4n) is 2.62. The van der Waals surface area contributed by atoms with E-state index in [9.17, 15) is 18.0 Å². The van der Waals surface area contributed by atoms with Crippen molar-refractivity contribution >= 4 is 10.0 Å². The average molecular weight is 302 g/mol. The second-order valence-electron chi connectivity index (χ2n) is 4.94. The molecule has 8 nitrogen and oxygen atoms in total. The Balaban J connectivity index is 2.52. The minimum atomic E-state index is -3.98. The average Bonchev–Trinajstić information content (AvgIpc) is 2.37. The molecular weight excluding hydrogens is 284 g/mol. The summed E-state index contributed by atoms with van der Waals surface area (Å²) in [5.41, 5.74) is 3.99. The van der Waals surface area contributed by atoms with Crippen molar-refractivity contribution in [2.45, 2.75) is 43.2 Å². The van der Waals surface area contributed by atoms with Gasteiger partial charge < -0.3 is 10.7 Å². The van der Waals surface area contributed by atoms with Gasteiger partial charge in [-0.1, -0.05) is 6.42 Å². The first-order valence-corrected chi connectivity index (χ1v) is 7.87. The van der Waals surface area contributed by atoms with Crippen molar-refractivity contribution in [1.82, 2.24) is 14.3 Å². The van der Waals surface area contributed by atoms with Gasteiger partial charge in [-0.05, 0) is 19.8 Å². The van der Waals surface area contributed by atoms with Gasteiger partial charge in [-0.15, -0.1) is 0 Å². The Morgan fingerprint density at radius 1 is 1.40 bits per heavy atom. The predicted molar refractivity (Wildman–Crippen MR) is 72.9 cm³/mol. The van der Waals surface area contributed by atoms with E-state index in [0.29, 0.717) is 6.42 Å². The first-order chi connectivity index (χ1) is 9.37. The monoisotopic (exact) mass is 302 g/mol. The molecule has 1 aromatic rings. The van der Waals surface area contributed by atoms with Crippen molar-refractivity contribution in [3.63, 3.8) is 0 Å². The molecule has 2 rings (SSSR count). The third-order valence-corrected chi connectivity index (χ3v) is 5.64. The van der Waals surface area contributed by atoms with Crippen LogP contribution in [0.2, 0.25) is 0 Å². The van der Waals surface area contributed by atoms with Crippen LogP contribution in [-0.2, 0) is 10.0 Å². The van der Waals surface area contributed by atoms with Gasteiger partial charge in [-0.25, -0.2) is 13.2 Å². The summed E-state index contributed by atoms with van der Waals surface area (Å²) in [7, 11) is -3.98. The molecule has 0 radical (unpaired) electrons. The lowest BCUT2D eigenvalue weighted by Gasteiger charge is -2.38. The van der Waals surface area contributed by atoms with Gasteiger partial charge >= 0.3 is 5.69 Å². The molecule has 2 heterocycles. The Morgan fingerprint density at radius 3 is 2.70 bits per heavy atom. The topological polar surface area (TPSA) is 129 Å². The summed E-state index contributed by atoms with van der Waals surface area (Å²) in [6.45, 7) is 1.99. The van der Waals surface area contributed by atoms with Crippen LogP contribution in [0.5, 0.6) is 0 Å². The number of nitrogens with one attached hydrogen (secondary N) is 2. The van der Waals surface area contributed by atoms with Crippen molar-refractivity contribution in [2.75, 3.05) is 6.54 Å². The summed E-state index contributed by atoms with van der Waals surface area (Å²) in [6, 6.07) is -0.552. The molecule has 2 unspecified atom stereocenters. The molecular formula is C11H18N4O4S. The van der Waals surface area contributed by atoms with E-state index in [0.717, 1.165) is 19.0 Å². The highest BCUT2D eigenvalue weighted by Crippen LogP contribution is 2.27. The van der Waals surface area contributed by atoms with Gasteiger partial charge in [0.15, 0.2) is 4.90 Å². The molecule has 0 aromatic carbocycles. The van der Waals surface area contributed by atoms with Crippen molar-refractivity contribution < 1.29 is 8.42 Å². The molecule has 0 bridgehead atoms. The van der Waals surface area contributed by atoms with Crippen LogP contribution < -0.4 is 17.0 Å². The van der Waals surface area contributed by atoms with E-state index >= 15 is 0 Å². The quantitative estimate of drug-likeness (QED) is 0.656. The zero-order valence-electron chi connectivity index (χ0n) is 11.1. The Labute approximate surface area is 116 Å². The lowest BCUT2D eigenvalue weighted by Crippen LogP contribution is -2.52. The maximum Gasteiger partial charge on any atom is 0.325 e. The highest BCUT2D eigenvalue weighted by molar-refractivity contribution is 7.89.